The van der Waals surface area contributed by atoms with Crippen molar-refractivity contribution in [2.24, 2.45) is 23.2 Å². The Labute approximate surface area is 153 Å². The summed E-state index contributed by atoms with van der Waals surface area (Å²) in [6, 6.07) is 5.83. The summed E-state index contributed by atoms with van der Waals surface area (Å²) < 4.78 is 13.1. The molecule has 5 aliphatic rings. The Bertz CT molecular complexity index is 710. The third-order valence-corrected chi connectivity index (χ3v) is 7.12. The molecule has 1 heterocycles. The molecule has 26 heavy (non-hydrogen) atoms. The molecule has 4 aliphatic carbocycles. The van der Waals surface area contributed by atoms with E-state index >= 15 is 0 Å². The van der Waals surface area contributed by atoms with E-state index in [1.54, 1.807) is 17.0 Å². The second kappa shape index (κ2) is 5.80. The smallest absolute Gasteiger partial charge is 0.229 e. The zero-order chi connectivity index (χ0) is 17.9. The highest BCUT2D eigenvalue weighted by atomic mass is 19.1. The maximum absolute atomic E-state index is 13.2. The normalized spacial score (nSPS) is 38.0. The molecular weight excluding hydrogens is 331 g/mol. The Morgan fingerprint density at radius 3 is 2.19 bits per heavy atom. The highest BCUT2D eigenvalue weighted by Gasteiger charge is 2.55. The topological polar surface area (TPSA) is 49.4 Å². The van der Waals surface area contributed by atoms with Crippen LogP contribution in [0, 0.1) is 29.0 Å². The van der Waals surface area contributed by atoms with Gasteiger partial charge in [-0.1, -0.05) is 0 Å². The Morgan fingerprint density at radius 2 is 1.62 bits per heavy atom. The van der Waals surface area contributed by atoms with Crippen LogP contribution in [0.4, 0.5) is 10.1 Å². The number of anilines is 1. The number of nitrogens with zero attached hydrogens (tertiary/aromatic N) is 1. The van der Waals surface area contributed by atoms with Crippen molar-refractivity contribution in [3.05, 3.63) is 30.1 Å². The van der Waals surface area contributed by atoms with Crippen LogP contribution in [-0.2, 0) is 9.59 Å². The molecule has 1 aromatic rings. The van der Waals surface area contributed by atoms with E-state index in [9.17, 15) is 14.0 Å². The molecule has 1 aromatic carbocycles. The van der Waals surface area contributed by atoms with Crippen LogP contribution in [0.25, 0.3) is 0 Å². The molecule has 4 saturated carbocycles. The predicted octanol–water partition coefficient (Wildman–Crippen LogP) is 3.26. The maximum atomic E-state index is 13.2. The van der Waals surface area contributed by atoms with Crippen molar-refractivity contribution < 1.29 is 14.0 Å². The number of halogens is 1. The minimum atomic E-state index is -0.313. The molecule has 0 aromatic heterocycles. The van der Waals surface area contributed by atoms with Crippen molar-refractivity contribution in [2.75, 3.05) is 11.4 Å². The molecule has 0 unspecified atom stereocenters. The van der Waals surface area contributed by atoms with Gasteiger partial charge in [0, 0.05) is 24.1 Å². The molecule has 138 valence electrons. The van der Waals surface area contributed by atoms with Gasteiger partial charge in [0.1, 0.15) is 5.82 Å². The molecule has 1 aliphatic heterocycles. The highest BCUT2D eigenvalue weighted by molar-refractivity contribution is 5.97. The van der Waals surface area contributed by atoms with Crippen LogP contribution >= 0.6 is 0 Å². The molecule has 0 spiro atoms. The zero-order valence-corrected chi connectivity index (χ0v) is 14.9. The lowest BCUT2D eigenvalue weighted by atomic mass is 9.49. The molecule has 5 heteroatoms. The van der Waals surface area contributed by atoms with Gasteiger partial charge in [-0.2, -0.15) is 0 Å². The van der Waals surface area contributed by atoms with Crippen molar-refractivity contribution in [3.8, 4) is 0 Å². The first-order valence-electron chi connectivity index (χ1n) is 9.88. The van der Waals surface area contributed by atoms with Crippen LogP contribution < -0.4 is 10.2 Å². The van der Waals surface area contributed by atoms with Crippen molar-refractivity contribution in [1.29, 1.82) is 0 Å². The predicted molar refractivity (Wildman–Crippen MR) is 95.9 cm³/mol. The van der Waals surface area contributed by atoms with Gasteiger partial charge in [0.05, 0.1) is 6.04 Å². The summed E-state index contributed by atoms with van der Waals surface area (Å²) in [5.41, 5.74) is 0.518. The minimum absolute atomic E-state index is 0.00702. The fourth-order valence-electron chi connectivity index (χ4n) is 6.40. The van der Waals surface area contributed by atoms with Crippen molar-refractivity contribution >= 4 is 17.5 Å². The lowest BCUT2D eigenvalue weighted by Crippen LogP contribution is -2.55. The summed E-state index contributed by atoms with van der Waals surface area (Å²) in [6.07, 6.45) is 7.37. The highest BCUT2D eigenvalue weighted by Crippen LogP contribution is 2.60. The van der Waals surface area contributed by atoms with Gasteiger partial charge in [0.2, 0.25) is 11.8 Å². The van der Waals surface area contributed by atoms with Crippen LogP contribution in [0.1, 0.15) is 44.9 Å². The van der Waals surface area contributed by atoms with Crippen LogP contribution in [0.2, 0.25) is 0 Å². The maximum Gasteiger partial charge on any atom is 0.229 e. The lowest BCUT2D eigenvalue weighted by molar-refractivity contribution is -0.146. The molecule has 0 radical (unpaired) electrons. The number of amides is 2. The van der Waals surface area contributed by atoms with Gasteiger partial charge in [0.15, 0.2) is 0 Å². The standard InChI is InChI=1S/C21H25FN2O2/c22-16-1-3-18(4-2-16)24-12-17(8-19(24)25)23-20(26)21-9-13-5-14(10-21)7-15(6-13)11-21/h1-4,13-15,17H,5-12H2,(H,23,26)/t13?,14?,15?,17-,21?/m1/s1. The molecule has 5 fully saturated rings. The first-order chi connectivity index (χ1) is 12.5. The van der Waals surface area contributed by atoms with E-state index in [4.69, 9.17) is 0 Å². The number of carbonyl (C=O) groups excluding carboxylic acids is 2. The first-order valence-corrected chi connectivity index (χ1v) is 9.88. The van der Waals surface area contributed by atoms with E-state index < -0.39 is 0 Å². The second-order valence-electron chi connectivity index (χ2n) is 9.05. The Morgan fingerprint density at radius 1 is 1.04 bits per heavy atom. The van der Waals surface area contributed by atoms with E-state index in [1.165, 1.54) is 31.4 Å². The molecule has 1 N–H and O–H groups in total. The largest absolute Gasteiger partial charge is 0.351 e. The quantitative estimate of drug-likeness (QED) is 0.904. The van der Waals surface area contributed by atoms with Gasteiger partial charge < -0.3 is 10.2 Å². The average molecular weight is 356 g/mol. The van der Waals surface area contributed by atoms with E-state index in [0.717, 1.165) is 37.0 Å². The molecule has 2 amide bonds. The number of benzene rings is 1. The lowest BCUT2D eigenvalue weighted by Gasteiger charge is -2.55. The SMILES string of the molecule is O=C1C[C@@H](NC(=O)C23CC4CC(CC(C4)C2)C3)CN1c1ccc(F)cc1. The summed E-state index contributed by atoms with van der Waals surface area (Å²) in [7, 11) is 0. The van der Waals surface area contributed by atoms with Gasteiger partial charge in [-0.15, -0.1) is 0 Å². The Kier molecular flexibility index (Phi) is 3.63. The first kappa shape index (κ1) is 16.3. The third kappa shape index (κ3) is 2.63. The van der Waals surface area contributed by atoms with Crippen molar-refractivity contribution in [1.82, 2.24) is 5.32 Å². The summed E-state index contributed by atoms with van der Waals surface area (Å²) in [5.74, 6) is 2.05. The Balaban J connectivity index is 1.28. The number of carbonyl (C=O) groups is 2. The third-order valence-electron chi connectivity index (χ3n) is 7.12. The summed E-state index contributed by atoms with van der Waals surface area (Å²) >= 11 is 0. The van der Waals surface area contributed by atoms with E-state index in [-0.39, 0.29) is 29.1 Å². The molecule has 1 saturated heterocycles. The number of nitrogens with one attached hydrogen (secondary N) is 1. The van der Waals surface area contributed by atoms with E-state index in [1.807, 2.05) is 0 Å². The van der Waals surface area contributed by atoms with Gasteiger partial charge in [0.25, 0.3) is 0 Å². The van der Waals surface area contributed by atoms with E-state index in [2.05, 4.69) is 5.32 Å². The number of hydrogen-bond acceptors (Lipinski definition) is 2. The zero-order valence-electron chi connectivity index (χ0n) is 14.9. The van der Waals surface area contributed by atoms with Gasteiger partial charge in [-0.25, -0.2) is 4.39 Å². The number of rotatable bonds is 3. The van der Waals surface area contributed by atoms with Crippen molar-refractivity contribution in [3.63, 3.8) is 0 Å². The van der Waals surface area contributed by atoms with Crippen LogP contribution in [-0.4, -0.2) is 24.4 Å². The number of hydrogen-bond donors (Lipinski definition) is 1. The molecule has 4 nitrogen and oxygen atoms in total. The van der Waals surface area contributed by atoms with Gasteiger partial charge in [-0.3, -0.25) is 9.59 Å². The molecule has 1 atom stereocenters. The van der Waals surface area contributed by atoms with Crippen LogP contribution in [0.15, 0.2) is 24.3 Å². The summed E-state index contributed by atoms with van der Waals surface area (Å²) in [4.78, 5) is 27.2. The van der Waals surface area contributed by atoms with Crippen LogP contribution in [0.5, 0.6) is 0 Å². The van der Waals surface area contributed by atoms with Crippen molar-refractivity contribution in [2.45, 2.75) is 51.0 Å². The summed E-state index contributed by atoms with van der Waals surface area (Å²) in [6.45, 7) is 0.475. The Hall–Kier alpha value is -1.91. The molecular formula is C21H25FN2O2. The van der Waals surface area contributed by atoms with Crippen LogP contribution in [0.3, 0.4) is 0 Å². The molecule has 4 bridgehead atoms. The fraction of sp³-hybridized carbons (Fsp3) is 0.619. The van der Waals surface area contributed by atoms with Gasteiger partial charge >= 0.3 is 0 Å². The minimum Gasteiger partial charge on any atom is -0.351 e. The van der Waals surface area contributed by atoms with Gasteiger partial charge in [-0.05, 0) is 80.5 Å². The fourth-order valence-corrected chi connectivity index (χ4v) is 6.40. The molecule has 6 rings (SSSR count). The second-order valence-corrected chi connectivity index (χ2v) is 9.05. The summed E-state index contributed by atoms with van der Waals surface area (Å²) in [5, 5.41) is 3.20. The average Bonchev–Trinajstić information content (AvgIpc) is 2.94. The monoisotopic (exact) mass is 356 g/mol. The van der Waals surface area contributed by atoms with E-state index in [0.29, 0.717) is 18.7 Å².